The van der Waals surface area contributed by atoms with E-state index in [4.69, 9.17) is 14.2 Å². The zero-order chi connectivity index (χ0) is 25.5. The molecule has 0 saturated carbocycles. The monoisotopic (exact) mass is 490 g/mol. The molecule has 2 atom stereocenters. The molecule has 184 valence electrons. The Bertz CT molecular complexity index is 1460. The van der Waals surface area contributed by atoms with Crippen LogP contribution in [0.4, 0.5) is 0 Å². The fourth-order valence-corrected chi connectivity index (χ4v) is 5.84. The normalized spacial score (nSPS) is 20.9. The van der Waals surface area contributed by atoms with Gasteiger partial charge >= 0.3 is 11.9 Å². The van der Waals surface area contributed by atoms with Crippen molar-refractivity contribution >= 4 is 11.9 Å². The van der Waals surface area contributed by atoms with Gasteiger partial charge in [-0.05, 0) is 52.9 Å². The molecule has 5 nitrogen and oxygen atoms in total. The van der Waals surface area contributed by atoms with Crippen LogP contribution in [0.5, 0.6) is 5.75 Å². The maximum Gasteiger partial charge on any atom is 0.342 e. The van der Waals surface area contributed by atoms with Gasteiger partial charge in [-0.25, -0.2) is 9.59 Å². The van der Waals surface area contributed by atoms with Crippen LogP contribution >= 0.6 is 0 Å². The standard InChI is InChI=1S/C32H26O5/c1-19-11-3-4-12-20(19)31(33)36-29-27-21-13-5-7-15-23(21)28(24-16-8-6-14-22(24)27)30(29)37-32(34)25-17-9-10-18-26(25)35-2/h3-18,27-30H,1-2H3/t27-,28-,29?,30?. The summed E-state index contributed by atoms with van der Waals surface area (Å²) >= 11 is 0. The summed E-state index contributed by atoms with van der Waals surface area (Å²) in [6.07, 6.45) is -1.40. The number of hydrogen-bond donors (Lipinski definition) is 0. The van der Waals surface area contributed by atoms with Gasteiger partial charge < -0.3 is 14.2 Å². The van der Waals surface area contributed by atoms with Gasteiger partial charge in [-0.2, -0.15) is 0 Å². The van der Waals surface area contributed by atoms with Crippen molar-refractivity contribution in [2.45, 2.75) is 31.0 Å². The number of fused-ring (bicyclic) bond motifs is 1. The van der Waals surface area contributed by atoms with Gasteiger partial charge in [0.05, 0.1) is 24.5 Å². The molecule has 37 heavy (non-hydrogen) atoms. The second-order valence-electron chi connectivity index (χ2n) is 9.47. The van der Waals surface area contributed by atoms with Crippen LogP contribution in [-0.2, 0) is 9.47 Å². The van der Waals surface area contributed by atoms with Crippen molar-refractivity contribution in [2.75, 3.05) is 7.11 Å². The average Bonchev–Trinajstić information content (AvgIpc) is 2.94. The van der Waals surface area contributed by atoms with E-state index in [0.717, 1.165) is 27.8 Å². The number of ether oxygens (including phenoxy) is 3. The van der Waals surface area contributed by atoms with E-state index in [1.54, 1.807) is 30.3 Å². The molecule has 2 unspecified atom stereocenters. The Morgan fingerprint density at radius 3 is 1.46 bits per heavy atom. The van der Waals surface area contributed by atoms with Crippen LogP contribution in [0.3, 0.4) is 0 Å². The molecule has 4 aromatic carbocycles. The SMILES string of the molecule is COc1ccccc1C(=O)OC1C(OC(=O)c2ccccc2C)[C@H]2c3ccccc3[C@H]1c1ccccc12. The van der Waals surface area contributed by atoms with Crippen LogP contribution in [0.25, 0.3) is 0 Å². The molecule has 0 fully saturated rings. The zero-order valence-electron chi connectivity index (χ0n) is 20.6. The van der Waals surface area contributed by atoms with Crippen molar-refractivity contribution in [3.8, 4) is 5.75 Å². The topological polar surface area (TPSA) is 61.8 Å². The molecule has 7 rings (SSSR count). The smallest absolute Gasteiger partial charge is 0.342 e. The second kappa shape index (κ2) is 9.25. The third-order valence-corrected chi connectivity index (χ3v) is 7.49. The van der Waals surface area contributed by atoms with E-state index in [0.29, 0.717) is 16.9 Å². The summed E-state index contributed by atoms with van der Waals surface area (Å²) in [7, 11) is 1.52. The molecule has 4 aromatic rings. The minimum atomic E-state index is -0.708. The number of carbonyl (C=O) groups excluding carboxylic acids is 2. The lowest BCUT2D eigenvalue weighted by atomic mass is 9.61. The van der Waals surface area contributed by atoms with Crippen molar-refractivity contribution in [3.05, 3.63) is 136 Å². The lowest BCUT2D eigenvalue weighted by Gasteiger charge is -2.49. The van der Waals surface area contributed by atoms with Gasteiger partial charge in [-0.3, -0.25) is 0 Å². The Morgan fingerprint density at radius 1 is 0.568 bits per heavy atom. The number of benzene rings is 4. The summed E-state index contributed by atoms with van der Waals surface area (Å²) < 4.78 is 17.9. The van der Waals surface area contributed by atoms with Gasteiger partial charge in [-0.15, -0.1) is 0 Å². The number of methoxy groups -OCH3 is 1. The highest BCUT2D eigenvalue weighted by Crippen LogP contribution is 2.55. The largest absolute Gasteiger partial charge is 0.496 e. The summed E-state index contributed by atoms with van der Waals surface area (Å²) in [5.74, 6) is -1.04. The Balaban J connectivity index is 1.46. The first-order valence-corrected chi connectivity index (χ1v) is 12.4. The van der Waals surface area contributed by atoms with Crippen LogP contribution in [0.2, 0.25) is 0 Å². The van der Waals surface area contributed by atoms with Gasteiger partial charge in [-0.1, -0.05) is 78.9 Å². The van der Waals surface area contributed by atoms with Crippen molar-refractivity contribution in [3.63, 3.8) is 0 Å². The number of hydrogen-bond acceptors (Lipinski definition) is 5. The molecule has 0 radical (unpaired) electrons. The van der Waals surface area contributed by atoms with E-state index in [2.05, 4.69) is 24.3 Å². The molecule has 0 N–H and O–H groups in total. The zero-order valence-corrected chi connectivity index (χ0v) is 20.6. The fourth-order valence-electron chi connectivity index (χ4n) is 5.84. The van der Waals surface area contributed by atoms with E-state index < -0.39 is 24.1 Å². The highest BCUT2D eigenvalue weighted by atomic mass is 16.6. The third kappa shape index (κ3) is 3.78. The second-order valence-corrected chi connectivity index (χ2v) is 9.47. The first-order valence-electron chi connectivity index (χ1n) is 12.4. The van der Waals surface area contributed by atoms with Crippen molar-refractivity contribution in [2.24, 2.45) is 0 Å². The highest BCUT2D eigenvalue weighted by Gasteiger charge is 2.53. The van der Waals surface area contributed by atoms with E-state index in [1.807, 2.05) is 49.4 Å². The predicted octanol–water partition coefficient (Wildman–Crippen LogP) is 6.05. The molecular weight excluding hydrogens is 464 g/mol. The van der Waals surface area contributed by atoms with Gasteiger partial charge in [0.25, 0.3) is 0 Å². The van der Waals surface area contributed by atoms with Crippen molar-refractivity contribution in [1.82, 2.24) is 0 Å². The Morgan fingerprint density at radius 2 is 0.973 bits per heavy atom. The number of carbonyl (C=O) groups is 2. The van der Waals surface area contributed by atoms with Crippen LogP contribution in [0.15, 0.2) is 97.1 Å². The fraction of sp³-hybridized carbons (Fsp3) is 0.188. The van der Waals surface area contributed by atoms with Gasteiger partial charge in [0.1, 0.15) is 11.3 Å². The molecule has 0 saturated heterocycles. The van der Waals surface area contributed by atoms with E-state index in [1.165, 1.54) is 7.11 Å². The van der Waals surface area contributed by atoms with Crippen molar-refractivity contribution < 1.29 is 23.8 Å². The van der Waals surface area contributed by atoms with Crippen LogP contribution in [-0.4, -0.2) is 31.3 Å². The summed E-state index contributed by atoms with van der Waals surface area (Å²) in [5.41, 5.74) is 6.03. The molecule has 0 amide bonds. The first-order chi connectivity index (χ1) is 18.1. The Labute approximate surface area is 215 Å². The summed E-state index contributed by atoms with van der Waals surface area (Å²) in [6.45, 7) is 1.88. The average molecular weight is 491 g/mol. The van der Waals surface area contributed by atoms with Crippen molar-refractivity contribution in [1.29, 1.82) is 0 Å². The molecule has 0 aliphatic heterocycles. The molecule has 3 aliphatic carbocycles. The third-order valence-electron chi connectivity index (χ3n) is 7.49. The lowest BCUT2D eigenvalue weighted by molar-refractivity contribution is -0.0559. The van der Waals surface area contributed by atoms with Gasteiger partial charge in [0.15, 0.2) is 12.2 Å². The lowest BCUT2D eigenvalue weighted by Crippen LogP contribution is -2.51. The minimum Gasteiger partial charge on any atom is -0.496 e. The van der Waals surface area contributed by atoms with Crippen LogP contribution < -0.4 is 4.74 Å². The number of para-hydroxylation sites is 1. The molecule has 3 aliphatic rings. The number of rotatable bonds is 5. The number of esters is 2. The van der Waals surface area contributed by atoms with E-state index >= 15 is 0 Å². The summed E-state index contributed by atoms with van der Waals surface area (Å²) in [4.78, 5) is 27.0. The maximum atomic E-state index is 13.5. The summed E-state index contributed by atoms with van der Waals surface area (Å²) in [5, 5.41) is 0. The molecule has 0 spiro atoms. The molecule has 0 aromatic heterocycles. The summed E-state index contributed by atoms with van der Waals surface area (Å²) in [6, 6.07) is 30.6. The van der Waals surface area contributed by atoms with Crippen LogP contribution in [0.1, 0.15) is 60.4 Å². The van der Waals surface area contributed by atoms with E-state index in [9.17, 15) is 9.59 Å². The molecule has 0 heterocycles. The highest BCUT2D eigenvalue weighted by molar-refractivity contribution is 5.93. The number of aryl methyl sites for hydroxylation is 1. The molecule has 5 heteroatoms. The van der Waals surface area contributed by atoms with Gasteiger partial charge in [0.2, 0.25) is 0 Å². The first kappa shape index (κ1) is 23.0. The molecule has 2 bridgehead atoms. The van der Waals surface area contributed by atoms with Crippen LogP contribution in [0, 0.1) is 6.92 Å². The van der Waals surface area contributed by atoms with Gasteiger partial charge in [0, 0.05) is 0 Å². The predicted molar refractivity (Wildman–Crippen MR) is 139 cm³/mol. The Hall–Kier alpha value is -4.38. The minimum absolute atomic E-state index is 0.263. The van der Waals surface area contributed by atoms with E-state index in [-0.39, 0.29) is 11.8 Å². The quantitative estimate of drug-likeness (QED) is 0.319. The maximum absolute atomic E-state index is 13.5. The molecular formula is C32H26O5. The Kier molecular flexibility index (Phi) is 5.76.